The van der Waals surface area contributed by atoms with E-state index in [1.165, 1.54) is 17.0 Å². The van der Waals surface area contributed by atoms with Gasteiger partial charge in [-0.15, -0.1) is 0 Å². The number of benzene rings is 1. The van der Waals surface area contributed by atoms with Crippen molar-refractivity contribution in [2.45, 2.75) is 62.6 Å². The summed E-state index contributed by atoms with van der Waals surface area (Å²) >= 11 is 0. The Labute approximate surface area is 184 Å². The van der Waals surface area contributed by atoms with E-state index in [2.05, 4.69) is 6.07 Å². The van der Waals surface area contributed by atoms with Crippen molar-refractivity contribution in [3.05, 3.63) is 35.4 Å². The van der Waals surface area contributed by atoms with E-state index >= 15 is 0 Å². The van der Waals surface area contributed by atoms with E-state index in [0.29, 0.717) is 31.5 Å². The van der Waals surface area contributed by atoms with Gasteiger partial charge in [-0.1, -0.05) is 12.1 Å². The van der Waals surface area contributed by atoms with E-state index in [1.807, 2.05) is 11.8 Å². The third-order valence-electron chi connectivity index (χ3n) is 6.89. The molecule has 0 aliphatic carbocycles. The minimum Gasteiger partial charge on any atom is -0.330 e. The monoisotopic (exact) mass is 449 g/mol. The Bertz CT molecular complexity index is 929. The number of halogens is 3. The molecule has 7 nitrogen and oxygen atoms in total. The van der Waals surface area contributed by atoms with Gasteiger partial charge in [0.05, 0.1) is 29.8 Å². The molecule has 2 N–H and O–H groups in total. The largest absolute Gasteiger partial charge is 0.416 e. The van der Waals surface area contributed by atoms with Crippen LogP contribution in [0.4, 0.5) is 13.2 Å². The maximum Gasteiger partial charge on any atom is 0.416 e. The number of piperazine rings is 1. The molecule has 0 radical (unpaired) electrons. The SMILES string of the molecule is CC(c1ccc(C(F)(F)F)cc1)N1C(=O)C2CC1CN2CC(N)C(=O)N1CCCC1C#N. The van der Waals surface area contributed by atoms with Gasteiger partial charge in [0.1, 0.15) is 6.04 Å². The van der Waals surface area contributed by atoms with Crippen LogP contribution in [0.5, 0.6) is 0 Å². The van der Waals surface area contributed by atoms with Crippen LogP contribution in [0, 0.1) is 11.3 Å². The second kappa shape index (κ2) is 8.37. The molecule has 2 bridgehead atoms. The number of alkyl halides is 3. The predicted molar refractivity (Wildman–Crippen MR) is 109 cm³/mol. The number of nitrogens with zero attached hydrogens (tertiary/aromatic N) is 4. The molecule has 10 heteroatoms. The zero-order valence-corrected chi connectivity index (χ0v) is 17.8. The molecule has 5 atom stereocenters. The van der Waals surface area contributed by atoms with Crippen molar-refractivity contribution in [3.8, 4) is 6.07 Å². The highest BCUT2D eigenvalue weighted by molar-refractivity contribution is 5.87. The summed E-state index contributed by atoms with van der Waals surface area (Å²) in [5, 5.41) is 9.20. The number of nitriles is 1. The van der Waals surface area contributed by atoms with Gasteiger partial charge >= 0.3 is 6.18 Å². The average Bonchev–Trinajstić information content (AvgIpc) is 3.46. The zero-order chi connectivity index (χ0) is 23.2. The van der Waals surface area contributed by atoms with Gasteiger partial charge < -0.3 is 15.5 Å². The lowest BCUT2D eigenvalue weighted by atomic mass is 10.0. The minimum absolute atomic E-state index is 0.0780. The number of hydrogen-bond acceptors (Lipinski definition) is 5. The molecule has 3 heterocycles. The molecule has 3 aliphatic rings. The van der Waals surface area contributed by atoms with Gasteiger partial charge in [-0.3, -0.25) is 14.5 Å². The van der Waals surface area contributed by atoms with Crippen LogP contribution in [0.25, 0.3) is 0 Å². The Hall–Kier alpha value is -2.64. The van der Waals surface area contributed by atoms with Crippen LogP contribution in [-0.2, 0) is 15.8 Å². The summed E-state index contributed by atoms with van der Waals surface area (Å²) in [7, 11) is 0. The smallest absolute Gasteiger partial charge is 0.330 e. The fourth-order valence-electron chi connectivity index (χ4n) is 5.22. The van der Waals surface area contributed by atoms with E-state index in [0.717, 1.165) is 18.6 Å². The first-order chi connectivity index (χ1) is 15.1. The van der Waals surface area contributed by atoms with Crippen molar-refractivity contribution in [2.75, 3.05) is 19.6 Å². The molecule has 1 aromatic carbocycles. The van der Waals surface area contributed by atoms with E-state index in [1.54, 1.807) is 4.90 Å². The number of carbonyl (C=O) groups excluding carboxylic acids is 2. The van der Waals surface area contributed by atoms with Gasteiger partial charge in [0.2, 0.25) is 11.8 Å². The fraction of sp³-hybridized carbons (Fsp3) is 0.591. The Morgan fingerprint density at radius 2 is 2.00 bits per heavy atom. The maximum absolute atomic E-state index is 13.0. The summed E-state index contributed by atoms with van der Waals surface area (Å²) in [4.78, 5) is 30.9. The topological polar surface area (TPSA) is 93.7 Å². The molecule has 172 valence electrons. The van der Waals surface area contributed by atoms with Crippen LogP contribution in [0.1, 0.15) is 43.4 Å². The van der Waals surface area contributed by atoms with Gasteiger partial charge in [-0.2, -0.15) is 18.4 Å². The van der Waals surface area contributed by atoms with Crippen molar-refractivity contribution in [3.63, 3.8) is 0 Å². The van der Waals surface area contributed by atoms with Crippen LogP contribution in [0.3, 0.4) is 0 Å². The van der Waals surface area contributed by atoms with Gasteiger partial charge in [-0.25, -0.2) is 0 Å². The number of fused-ring (bicyclic) bond motifs is 2. The van der Waals surface area contributed by atoms with E-state index in [-0.39, 0.29) is 36.5 Å². The van der Waals surface area contributed by atoms with Crippen molar-refractivity contribution >= 4 is 11.8 Å². The molecule has 5 unspecified atom stereocenters. The Kier molecular flexibility index (Phi) is 5.90. The molecular weight excluding hydrogens is 423 g/mol. The van der Waals surface area contributed by atoms with Crippen LogP contribution < -0.4 is 5.73 Å². The summed E-state index contributed by atoms with van der Waals surface area (Å²) in [5.74, 6) is -0.358. The Morgan fingerprint density at radius 1 is 1.31 bits per heavy atom. The van der Waals surface area contributed by atoms with Crippen molar-refractivity contribution in [1.29, 1.82) is 5.26 Å². The average molecular weight is 449 g/mol. The van der Waals surface area contributed by atoms with E-state index in [9.17, 15) is 28.0 Å². The van der Waals surface area contributed by atoms with Gasteiger partial charge in [0.15, 0.2) is 0 Å². The molecule has 3 fully saturated rings. The maximum atomic E-state index is 13.0. The highest BCUT2D eigenvalue weighted by Gasteiger charge is 2.51. The number of nitrogens with two attached hydrogens (primary N) is 1. The zero-order valence-electron chi connectivity index (χ0n) is 17.8. The molecule has 0 saturated carbocycles. The first kappa shape index (κ1) is 22.6. The molecule has 0 spiro atoms. The molecule has 3 aliphatic heterocycles. The molecular formula is C22H26F3N5O2. The first-order valence-electron chi connectivity index (χ1n) is 10.8. The van der Waals surface area contributed by atoms with Gasteiger partial charge in [-0.05, 0) is 43.9 Å². The molecule has 2 amide bonds. The lowest BCUT2D eigenvalue weighted by Gasteiger charge is -2.38. The van der Waals surface area contributed by atoms with Crippen LogP contribution in [0.2, 0.25) is 0 Å². The Morgan fingerprint density at radius 3 is 2.59 bits per heavy atom. The normalized spacial score (nSPS) is 27.6. The number of likely N-dealkylation sites (tertiary alicyclic amines) is 3. The van der Waals surface area contributed by atoms with Crippen LogP contribution in [0.15, 0.2) is 24.3 Å². The quantitative estimate of drug-likeness (QED) is 0.741. The molecule has 32 heavy (non-hydrogen) atoms. The number of rotatable bonds is 5. The standard InChI is InChI=1S/C22H26F3N5O2/c1-13(14-4-6-15(7-5-14)22(23,24)25)30-17-9-19(21(30)32)28(11-17)12-18(27)20(31)29-8-2-3-16(29)10-26/h4-7,13,16-19H,2-3,8-9,11-12,27H2,1H3. The molecule has 3 saturated heterocycles. The number of amides is 2. The van der Waals surface area contributed by atoms with Crippen molar-refractivity contribution in [2.24, 2.45) is 5.73 Å². The van der Waals surface area contributed by atoms with Crippen LogP contribution in [-0.4, -0.2) is 70.3 Å². The highest BCUT2D eigenvalue weighted by atomic mass is 19.4. The molecule has 1 aromatic rings. The van der Waals surface area contributed by atoms with E-state index in [4.69, 9.17) is 5.73 Å². The lowest BCUT2D eigenvalue weighted by molar-refractivity contribution is -0.141. The summed E-state index contributed by atoms with van der Waals surface area (Å²) in [6.45, 7) is 3.14. The lowest BCUT2D eigenvalue weighted by Crippen LogP contribution is -2.56. The third-order valence-corrected chi connectivity index (χ3v) is 6.89. The fourth-order valence-corrected chi connectivity index (χ4v) is 5.22. The minimum atomic E-state index is -4.40. The van der Waals surface area contributed by atoms with Gasteiger partial charge in [0, 0.05) is 25.7 Å². The molecule has 4 rings (SSSR count). The molecule has 0 aromatic heterocycles. The summed E-state index contributed by atoms with van der Waals surface area (Å²) in [5.41, 5.74) is 6.08. The third kappa shape index (κ3) is 3.95. The summed E-state index contributed by atoms with van der Waals surface area (Å²) < 4.78 is 38.5. The summed E-state index contributed by atoms with van der Waals surface area (Å²) in [6.07, 6.45) is -2.36. The Balaban J connectivity index is 1.39. The summed E-state index contributed by atoms with van der Waals surface area (Å²) in [6, 6.07) is 4.98. The number of carbonyl (C=O) groups is 2. The highest BCUT2D eigenvalue weighted by Crippen LogP contribution is 2.38. The predicted octanol–water partition coefficient (Wildman–Crippen LogP) is 1.89. The number of hydrogen-bond donors (Lipinski definition) is 1. The van der Waals surface area contributed by atoms with Gasteiger partial charge in [0.25, 0.3) is 0 Å². The van der Waals surface area contributed by atoms with E-state index < -0.39 is 23.8 Å². The van der Waals surface area contributed by atoms with Crippen LogP contribution >= 0.6 is 0 Å². The first-order valence-corrected chi connectivity index (χ1v) is 10.8. The van der Waals surface area contributed by atoms with Crippen molar-refractivity contribution < 1.29 is 22.8 Å². The second-order valence-electron chi connectivity index (χ2n) is 8.83. The second-order valence-corrected chi connectivity index (χ2v) is 8.83. The van der Waals surface area contributed by atoms with Crippen molar-refractivity contribution in [1.82, 2.24) is 14.7 Å².